The summed E-state index contributed by atoms with van der Waals surface area (Å²) in [7, 11) is 1.89. The Morgan fingerprint density at radius 2 is 2.04 bits per heavy atom. The minimum absolute atomic E-state index is 0.0459. The first-order valence-electron chi connectivity index (χ1n) is 8.20. The van der Waals surface area contributed by atoms with E-state index < -0.39 is 0 Å². The second kappa shape index (κ2) is 6.54. The lowest BCUT2D eigenvalue weighted by molar-refractivity contribution is -0.121. The van der Waals surface area contributed by atoms with Gasteiger partial charge < -0.3 is 0 Å². The molecule has 1 aliphatic heterocycles. The molecule has 0 saturated carbocycles. The van der Waals surface area contributed by atoms with E-state index in [2.05, 4.69) is 29.1 Å². The van der Waals surface area contributed by atoms with E-state index >= 15 is 0 Å². The standard InChI is InChI=1S/C18H24N4O/c1-4-21(13-15-8-6-5-7-9-15)16-10-11-22(18(16)23)17-12-14(2)19-20(17)3/h5-9,12,16H,4,10-11,13H2,1-3H3/t16-/m1/s1. The average molecular weight is 312 g/mol. The van der Waals surface area contributed by atoms with Gasteiger partial charge in [0.2, 0.25) is 5.91 Å². The Morgan fingerprint density at radius 1 is 1.30 bits per heavy atom. The van der Waals surface area contributed by atoms with Gasteiger partial charge in [0.15, 0.2) is 0 Å². The molecule has 1 saturated heterocycles. The fourth-order valence-electron chi connectivity index (χ4n) is 3.34. The Balaban J connectivity index is 1.76. The van der Waals surface area contributed by atoms with Crippen LogP contribution in [0.4, 0.5) is 5.82 Å². The molecule has 2 heterocycles. The van der Waals surface area contributed by atoms with Crippen LogP contribution in [-0.2, 0) is 18.4 Å². The summed E-state index contributed by atoms with van der Waals surface area (Å²) < 4.78 is 1.79. The molecule has 122 valence electrons. The number of rotatable bonds is 5. The Morgan fingerprint density at radius 3 is 2.65 bits per heavy atom. The molecule has 5 heteroatoms. The zero-order valence-electron chi connectivity index (χ0n) is 14.1. The number of likely N-dealkylation sites (N-methyl/N-ethyl adjacent to an activating group) is 1. The summed E-state index contributed by atoms with van der Waals surface area (Å²) in [6.45, 7) is 6.51. The number of amides is 1. The topological polar surface area (TPSA) is 41.4 Å². The third kappa shape index (κ3) is 3.15. The summed E-state index contributed by atoms with van der Waals surface area (Å²) in [5.74, 6) is 1.08. The van der Waals surface area contributed by atoms with Crippen LogP contribution >= 0.6 is 0 Å². The zero-order chi connectivity index (χ0) is 16.4. The molecule has 0 spiro atoms. The van der Waals surface area contributed by atoms with Crippen LogP contribution < -0.4 is 4.90 Å². The molecule has 3 rings (SSSR count). The van der Waals surface area contributed by atoms with Crippen LogP contribution in [0.25, 0.3) is 0 Å². The molecule has 1 atom stereocenters. The first-order chi connectivity index (χ1) is 11.1. The summed E-state index contributed by atoms with van der Waals surface area (Å²) >= 11 is 0. The lowest BCUT2D eigenvalue weighted by Gasteiger charge is -2.26. The van der Waals surface area contributed by atoms with E-state index in [9.17, 15) is 4.79 Å². The molecular weight excluding hydrogens is 288 g/mol. The number of carbonyl (C=O) groups is 1. The van der Waals surface area contributed by atoms with E-state index in [0.29, 0.717) is 0 Å². The number of hydrogen-bond donors (Lipinski definition) is 0. The highest BCUT2D eigenvalue weighted by molar-refractivity contribution is 5.98. The quantitative estimate of drug-likeness (QED) is 0.851. The van der Waals surface area contributed by atoms with Crippen molar-refractivity contribution in [2.24, 2.45) is 7.05 Å². The molecule has 1 aliphatic rings. The number of carbonyl (C=O) groups excluding carboxylic acids is 1. The first kappa shape index (κ1) is 15.7. The lowest BCUT2D eigenvalue weighted by atomic mass is 10.1. The highest BCUT2D eigenvalue weighted by Gasteiger charge is 2.37. The van der Waals surface area contributed by atoms with E-state index in [0.717, 1.165) is 37.6 Å². The molecule has 1 aromatic heterocycles. The van der Waals surface area contributed by atoms with Crippen LogP contribution in [0.2, 0.25) is 0 Å². The Hall–Kier alpha value is -2.14. The molecule has 1 amide bonds. The van der Waals surface area contributed by atoms with Crippen molar-refractivity contribution < 1.29 is 4.79 Å². The van der Waals surface area contributed by atoms with Crippen molar-refractivity contribution in [1.82, 2.24) is 14.7 Å². The van der Waals surface area contributed by atoms with Gasteiger partial charge in [-0.15, -0.1) is 0 Å². The Kier molecular flexibility index (Phi) is 4.48. The maximum atomic E-state index is 12.9. The fourth-order valence-corrected chi connectivity index (χ4v) is 3.34. The maximum absolute atomic E-state index is 12.9. The van der Waals surface area contributed by atoms with E-state index in [1.165, 1.54) is 5.56 Å². The van der Waals surface area contributed by atoms with Gasteiger partial charge in [-0.2, -0.15) is 5.10 Å². The van der Waals surface area contributed by atoms with Crippen molar-refractivity contribution in [1.29, 1.82) is 0 Å². The zero-order valence-corrected chi connectivity index (χ0v) is 14.1. The summed E-state index contributed by atoms with van der Waals surface area (Å²) in [6, 6.07) is 12.3. The average Bonchev–Trinajstić information content (AvgIpc) is 3.08. The van der Waals surface area contributed by atoms with Crippen LogP contribution in [0.3, 0.4) is 0 Å². The molecule has 23 heavy (non-hydrogen) atoms. The minimum Gasteiger partial charge on any atom is -0.296 e. The number of aromatic nitrogens is 2. The SMILES string of the molecule is CCN(Cc1ccccc1)[C@@H]1CCN(c2cc(C)nn2C)C1=O. The lowest BCUT2D eigenvalue weighted by Crippen LogP contribution is -2.41. The monoisotopic (exact) mass is 312 g/mol. The van der Waals surface area contributed by atoms with Gasteiger partial charge in [0.25, 0.3) is 0 Å². The van der Waals surface area contributed by atoms with Crippen molar-refractivity contribution in [3.63, 3.8) is 0 Å². The van der Waals surface area contributed by atoms with Crippen LogP contribution in [0.15, 0.2) is 36.4 Å². The number of nitrogens with zero attached hydrogens (tertiary/aromatic N) is 4. The fraction of sp³-hybridized carbons (Fsp3) is 0.444. The highest BCUT2D eigenvalue weighted by atomic mass is 16.2. The molecule has 0 unspecified atom stereocenters. The minimum atomic E-state index is -0.0459. The van der Waals surface area contributed by atoms with Gasteiger partial charge in [0.05, 0.1) is 11.7 Å². The smallest absolute Gasteiger partial charge is 0.245 e. The Bertz CT molecular complexity index is 680. The Labute approximate surface area is 137 Å². The summed E-state index contributed by atoms with van der Waals surface area (Å²) in [4.78, 5) is 17.0. The predicted molar refractivity (Wildman–Crippen MR) is 91.2 cm³/mol. The number of aryl methyl sites for hydroxylation is 2. The van der Waals surface area contributed by atoms with Crippen LogP contribution in [0.5, 0.6) is 0 Å². The van der Waals surface area contributed by atoms with Gasteiger partial charge in [0, 0.05) is 26.2 Å². The normalized spacial score (nSPS) is 18.2. The van der Waals surface area contributed by atoms with Crippen LogP contribution in [0, 0.1) is 6.92 Å². The van der Waals surface area contributed by atoms with Crippen molar-refractivity contribution in [3.05, 3.63) is 47.7 Å². The molecule has 0 aliphatic carbocycles. The number of benzene rings is 1. The molecule has 5 nitrogen and oxygen atoms in total. The first-order valence-corrected chi connectivity index (χ1v) is 8.20. The molecule has 1 aromatic carbocycles. The molecule has 0 N–H and O–H groups in total. The van der Waals surface area contributed by atoms with E-state index in [4.69, 9.17) is 0 Å². The van der Waals surface area contributed by atoms with Crippen molar-refractivity contribution >= 4 is 11.7 Å². The highest BCUT2D eigenvalue weighted by Crippen LogP contribution is 2.25. The molecule has 2 aromatic rings. The van der Waals surface area contributed by atoms with Gasteiger partial charge in [0.1, 0.15) is 5.82 Å². The third-order valence-corrected chi connectivity index (χ3v) is 4.51. The van der Waals surface area contributed by atoms with Crippen molar-refractivity contribution in [2.75, 3.05) is 18.0 Å². The summed E-state index contributed by atoms with van der Waals surface area (Å²) in [6.07, 6.45) is 0.865. The largest absolute Gasteiger partial charge is 0.296 e. The second-order valence-electron chi connectivity index (χ2n) is 6.11. The van der Waals surface area contributed by atoms with Gasteiger partial charge in [-0.3, -0.25) is 19.3 Å². The van der Waals surface area contributed by atoms with Crippen molar-refractivity contribution in [3.8, 4) is 0 Å². The van der Waals surface area contributed by atoms with E-state index in [1.807, 2.05) is 43.1 Å². The van der Waals surface area contributed by atoms with Gasteiger partial charge in [-0.1, -0.05) is 37.3 Å². The summed E-state index contributed by atoms with van der Waals surface area (Å²) in [5.41, 5.74) is 2.19. The number of hydrogen-bond acceptors (Lipinski definition) is 3. The molecule has 0 bridgehead atoms. The van der Waals surface area contributed by atoms with Crippen LogP contribution in [-0.4, -0.2) is 39.7 Å². The van der Waals surface area contributed by atoms with Crippen LogP contribution in [0.1, 0.15) is 24.6 Å². The summed E-state index contributed by atoms with van der Waals surface area (Å²) in [5, 5.41) is 4.36. The molecule has 0 radical (unpaired) electrons. The van der Waals surface area contributed by atoms with Gasteiger partial charge in [-0.05, 0) is 25.5 Å². The van der Waals surface area contributed by atoms with Crippen molar-refractivity contribution in [2.45, 2.75) is 32.9 Å². The maximum Gasteiger partial charge on any atom is 0.245 e. The van der Waals surface area contributed by atoms with E-state index in [-0.39, 0.29) is 11.9 Å². The molecular formula is C18H24N4O. The third-order valence-electron chi connectivity index (χ3n) is 4.51. The van der Waals surface area contributed by atoms with Gasteiger partial charge >= 0.3 is 0 Å². The number of anilines is 1. The van der Waals surface area contributed by atoms with E-state index in [1.54, 1.807) is 4.68 Å². The second-order valence-corrected chi connectivity index (χ2v) is 6.11. The predicted octanol–water partition coefficient (Wildman–Crippen LogP) is 2.36. The van der Waals surface area contributed by atoms with Gasteiger partial charge in [-0.25, -0.2) is 0 Å². The molecule has 1 fully saturated rings.